The number of carbonyl (C=O) groups excluding carboxylic acids is 1. The summed E-state index contributed by atoms with van der Waals surface area (Å²) < 4.78 is 0. The normalized spacial score (nSPS) is 13.9. The highest BCUT2D eigenvalue weighted by Gasteiger charge is 2.17. The smallest absolute Gasteiger partial charge is 0.220 e. The molecule has 0 saturated carbocycles. The minimum atomic E-state index is -0.863. The van der Waals surface area contributed by atoms with E-state index in [4.69, 9.17) is 0 Å². The zero-order chi connectivity index (χ0) is 36.4. The summed E-state index contributed by atoms with van der Waals surface area (Å²) in [5, 5.41) is 22.8. The molecule has 2 atom stereocenters. The van der Waals surface area contributed by atoms with Gasteiger partial charge in [-0.25, -0.2) is 0 Å². The summed E-state index contributed by atoms with van der Waals surface area (Å²) in [6.07, 6.45) is 59.8. The van der Waals surface area contributed by atoms with E-state index in [0.717, 1.165) is 64.2 Å². The number of hydrogen-bond acceptors (Lipinski definition) is 3. The summed E-state index contributed by atoms with van der Waals surface area (Å²) in [4.78, 5) is 12.3. The van der Waals surface area contributed by atoms with E-state index in [2.05, 4.69) is 92.1 Å². The molecule has 3 N–H and O–H groups in total. The second-order valence-electron chi connectivity index (χ2n) is 13.7. The number of aliphatic hydroxyl groups is 2. The summed E-state index contributed by atoms with van der Waals surface area (Å²) in [6, 6.07) is -0.641. The van der Waals surface area contributed by atoms with Gasteiger partial charge in [0, 0.05) is 6.42 Å². The molecule has 0 aliphatic carbocycles. The summed E-state index contributed by atoms with van der Waals surface area (Å²) in [7, 11) is 0. The fourth-order valence-corrected chi connectivity index (χ4v) is 5.69. The van der Waals surface area contributed by atoms with E-state index >= 15 is 0 Å². The third-order valence-corrected chi connectivity index (χ3v) is 8.86. The quantitative estimate of drug-likeness (QED) is 0.0452. The number of hydrogen-bond donors (Lipinski definition) is 3. The van der Waals surface area contributed by atoms with Crippen LogP contribution in [0, 0.1) is 0 Å². The third kappa shape index (κ3) is 36.8. The highest BCUT2D eigenvalue weighted by atomic mass is 16.3. The molecule has 0 saturated heterocycles. The van der Waals surface area contributed by atoms with Crippen molar-refractivity contribution in [3.05, 3.63) is 85.1 Å². The standard InChI is InChI=1S/C46H79NO3/c1-3-5-7-9-11-13-14-15-16-17-18-19-20-21-22-23-24-25-26-27-28-29-30-31-32-34-36-38-40-42-46(50)47-44(43-48)45(49)41-39-37-35-33-12-10-8-6-4-2/h5,7,11-13,15-16,18-19,21-22,33,39,41,44-45,48-49H,3-4,6,8-10,14,17,20,23-32,34-38,40,42-43H2,1-2H3,(H,47,50)/b7-5-,13-11-,16-15-,19-18-,22-21-,33-12+,41-39+. The maximum Gasteiger partial charge on any atom is 0.220 e. The molecule has 0 aromatic rings. The topological polar surface area (TPSA) is 69.6 Å². The predicted octanol–water partition coefficient (Wildman–Crippen LogP) is 12.9. The fraction of sp³-hybridized carbons (Fsp3) is 0.674. The molecule has 4 nitrogen and oxygen atoms in total. The highest BCUT2D eigenvalue weighted by molar-refractivity contribution is 5.76. The molecule has 2 unspecified atom stereocenters. The lowest BCUT2D eigenvalue weighted by Gasteiger charge is -2.19. The molecule has 1 amide bonds. The van der Waals surface area contributed by atoms with Crippen LogP contribution in [0.4, 0.5) is 0 Å². The van der Waals surface area contributed by atoms with Crippen molar-refractivity contribution >= 4 is 5.91 Å². The Bertz CT molecular complexity index is 926. The molecule has 0 aliphatic heterocycles. The molecule has 286 valence electrons. The minimum Gasteiger partial charge on any atom is -0.394 e. The van der Waals surface area contributed by atoms with Crippen molar-refractivity contribution in [1.82, 2.24) is 5.32 Å². The van der Waals surface area contributed by atoms with Crippen LogP contribution < -0.4 is 5.32 Å². The molecule has 0 heterocycles. The van der Waals surface area contributed by atoms with Crippen LogP contribution in [0.15, 0.2) is 85.1 Å². The Morgan fingerprint density at radius 2 is 0.900 bits per heavy atom. The molecular formula is C46H79NO3. The van der Waals surface area contributed by atoms with Crippen LogP contribution in [0.25, 0.3) is 0 Å². The van der Waals surface area contributed by atoms with Gasteiger partial charge in [-0.2, -0.15) is 0 Å². The maximum absolute atomic E-state index is 12.3. The molecule has 0 aliphatic rings. The number of nitrogens with one attached hydrogen (secondary N) is 1. The van der Waals surface area contributed by atoms with E-state index in [-0.39, 0.29) is 12.5 Å². The first kappa shape index (κ1) is 47.6. The van der Waals surface area contributed by atoms with E-state index in [1.165, 1.54) is 96.3 Å². The predicted molar refractivity (Wildman–Crippen MR) is 220 cm³/mol. The number of aliphatic hydroxyl groups excluding tert-OH is 2. The van der Waals surface area contributed by atoms with Gasteiger partial charge in [0.15, 0.2) is 0 Å². The Morgan fingerprint density at radius 3 is 1.40 bits per heavy atom. The first-order valence-corrected chi connectivity index (χ1v) is 20.8. The summed E-state index contributed by atoms with van der Waals surface area (Å²) >= 11 is 0. The minimum absolute atomic E-state index is 0.0827. The van der Waals surface area contributed by atoms with Crippen molar-refractivity contribution in [2.75, 3.05) is 6.61 Å². The average Bonchev–Trinajstić information content (AvgIpc) is 3.12. The summed E-state index contributed by atoms with van der Waals surface area (Å²) in [6.45, 7) is 4.12. The molecule has 50 heavy (non-hydrogen) atoms. The largest absolute Gasteiger partial charge is 0.394 e. The molecule has 0 bridgehead atoms. The van der Waals surface area contributed by atoms with Crippen molar-refractivity contribution in [2.24, 2.45) is 0 Å². The Morgan fingerprint density at radius 1 is 0.500 bits per heavy atom. The van der Waals surface area contributed by atoms with Gasteiger partial charge in [-0.1, -0.05) is 182 Å². The number of amides is 1. The van der Waals surface area contributed by atoms with Gasteiger partial charge < -0.3 is 15.5 Å². The van der Waals surface area contributed by atoms with Gasteiger partial charge in [-0.05, 0) is 77.0 Å². The second kappa shape index (κ2) is 41.0. The van der Waals surface area contributed by atoms with E-state index in [0.29, 0.717) is 6.42 Å². The average molecular weight is 694 g/mol. The third-order valence-electron chi connectivity index (χ3n) is 8.86. The molecule has 4 heteroatoms. The van der Waals surface area contributed by atoms with Crippen molar-refractivity contribution in [3.63, 3.8) is 0 Å². The number of allylic oxidation sites excluding steroid dienone is 13. The van der Waals surface area contributed by atoms with Crippen molar-refractivity contribution in [3.8, 4) is 0 Å². The highest BCUT2D eigenvalue weighted by Crippen LogP contribution is 2.14. The van der Waals surface area contributed by atoms with Crippen LogP contribution in [-0.4, -0.2) is 34.9 Å². The maximum atomic E-state index is 12.3. The molecule has 0 spiro atoms. The lowest BCUT2D eigenvalue weighted by atomic mass is 10.0. The van der Waals surface area contributed by atoms with Crippen LogP contribution in [-0.2, 0) is 4.79 Å². The molecule has 0 aromatic carbocycles. The van der Waals surface area contributed by atoms with E-state index in [1.54, 1.807) is 6.08 Å². The van der Waals surface area contributed by atoms with Gasteiger partial charge in [0.05, 0.1) is 18.8 Å². The monoisotopic (exact) mass is 694 g/mol. The number of unbranched alkanes of at least 4 members (excludes halogenated alkanes) is 17. The zero-order valence-electron chi connectivity index (χ0n) is 32.6. The van der Waals surface area contributed by atoms with Crippen molar-refractivity contribution < 1.29 is 15.0 Å². The van der Waals surface area contributed by atoms with Gasteiger partial charge in [0.2, 0.25) is 5.91 Å². The molecule has 0 fully saturated rings. The Hall–Kier alpha value is -2.43. The van der Waals surface area contributed by atoms with E-state index in [1.807, 2.05) is 6.08 Å². The Labute approximate surface area is 310 Å². The first-order valence-electron chi connectivity index (χ1n) is 20.8. The number of rotatable bonds is 36. The SMILES string of the molecule is CC/C=C\C/C=C\C/C=C\C/C=C\C/C=C\CCCCCCCCCCCCCCCC(=O)NC(CO)C(O)/C=C/CC/C=C/CCCCC. The Kier molecular flexibility index (Phi) is 39.0. The second-order valence-corrected chi connectivity index (χ2v) is 13.7. The molecule has 0 aromatic heterocycles. The van der Waals surface area contributed by atoms with Crippen LogP contribution >= 0.6 is 0 Å². The lowest BCUT2D eigenvalue weighted by molar-refractivity contribution is -0.123. The zero-order valence-corrected chi connectivity index (χ0v) is 32.6. The lowest BCUT2D eigenvalue weighted by Crippen LogP contribution is -2.45. The van der Waals surface area contributed by atoms with Gasteiger partial charge in [-0.15, -0.1) is 0 Å². The number of carbonyl (C=O) groups is 1. The molecular weight excluding hydrogens is 615 g/mol. The van der Waals surface area contributed by atoms with Crippen LogP contribution in [0.3, 0.4) is 0 Å². The van der Waals surface area contributed by atoms with Crippen LogP contribution in [0.5, 0.6) is 0 Å². The fourth-order valence-electron chi connectivity index (χ4n) is 5.69. The van der Waals surface area contributed by atoms with Crippen molar-refractivity contribution in [1.29, 1.82) is 0 Å². The van der Waals surface area contributed by atoms with Gasteiger partial charge in [-0.3, -0.25) is 4.79 Å². The first-order chi connectivity index (χ1) is 24.7. The molecule has 0 rings (SSSR count). The summed E-state index contributed by atoms with van der Waals surface area (Å²) in [5.41, 5.74) is 0. The van der Waals surface area contributed by atoms with Gasteiger partial charge in [0.1, 0.15) is 0 Å². The Balaban J connectivity index is 3.55. The van der Waals surface area contributed by atoms with Gasteiger partial charge >= 0.3 is 0 Å². The van der Waals surface area contributed by atoms with E-state index < -0.39 is 12.1 Å². The van der Waals surface area contributed by atoms with Crippen molar-refractivity contribution in [2.45, 2.75) is 193 Å². The summed E-state index contributed by atoms with van der Waals surface area (Å²) in [5.74, 6) is -0.0827. The molecule has 0 radical (unpaired) electrons. The van der Waals surface area contributed by atoms with Gasteiger partial charge in [0.25, 0.3) is 0 Å². The van der Waals surface area contributed by atoms with Crippen LogP contribution in [0.2, 0.25) is 0 Å². The van der Waals surface area contributed by atoms with Crippen LogP contribution in [0.1, 0.15) is 181 Å². The van der Waals surface area contributed by atoms with E-state index in [9.17, 15) is 15.0 Å².